The number of anilines is 6. The predicted molar refractivity (Wildman–Crippen MR) is 244 cm³/mol. The van der Waals surface area contributed by atoms with E-state index in [4.69, 9.17) is 0 Å². The predicted octanol–water partition coefficient (Wildman–Crippen LogP) is 11.9. The van der Waals surface area contributed by atoms with Crippen molar-refractivity contribution in [3.63, 3.8) is 0 Å². The van der Waals surface area contributed by atoms with Crippen molar-refractivity contribution in [2.75, 3.05) is 9.80 Å². The molecule has 0 amide bonds. The zero-order chi connectivity index (χ0) is 38.8. The topological polar surface area (TPSA) is 6.48 Å². The Morgan fingerprint density at radius 2 is 0.754 bits per heavy atom. The first-order valence-corrected chi connectivity index (χ1v) is 22.9. The van der Waals surface area contributed by atoms with Gasteiger partial charge in [-0.2, -0.15) is 0 Å². The van der Waals surface area contributed by atoms with Gasteiger partial charge in [-0.05, 0) is 210 Å². The molecule has 0 radical (unpaired) electrons. The standard InChI is InChI=1S/C54H61BN2/c1-53(2,3)38-26-28-44-48(32-38)56(51-40-20-11-7-16-34(40)30-35-17-8-12-21-41(35)51)46-24-15-25-47-50(46)55(44)45-29-27-39(54(4,5)6)33-49(45)57(47)52-42-22-13-9-18-36(42)31-37-19-10-14-23-43(37)52/h15,24-33H,7-14,16-23H2,1-6H3. The molecule has 0 N–H and O–H groups in total. The molecule has 6 aliphatic rings. The van der Waals surface area contributed by atoms with E-state index in [1.165, 1.54) is 153 Å². The summed E-state index contributed by atoms with van der Waals surface area (Å²) in [6, 6.07) is 28.0. The summed E-state index contributed by atoms with van der Waals surface area (Å²) in [5.41, 5.74) is 29.2. The van der Waals surface area contributed by atoms with Gasteiger partial charge in [-0.25, -0.2) is 0 Å². The fourth-order valence-electron chi connectivity index (χ4n) is 12.1. The molecule has 290 valence electrons. The van der Waals surface area contributed by atoms with Crippen molar-refractivity contribution in [1.29, 1.82) is 0 Å². The third-order valence-electron chi connectivity index (χ3n) is 15.1. The van der Waals surface area contributed by atoms with E-state index in [-0.39, 0.29) is 17.5 Å². The first kappa shape index (κ1) is 35.9. The lowest BCUT2D eigenvalue weighted by atomic mass is 9.33. The van der Waals surface area contributed by atoms with Gasteiger partial charge in [0.2, 0.25) is 0 Å². The highest BCUT2D eigenvalue weighted by molar-refractivity contribution is 7.00. The molecule has 4 aliphatic carbocycles. The van der Waals surface area contributed by atoms with Gasteiger partial charge in [-0.1, -0.05) is 84.0 Å². The fraction of sp³-hybridized carbons (Fsp3) is 0.444. The van der Waals surface area contributed by atoms with Gasteiger partial charge in [-0.3, -0.25) is 0 Å². The van der Waals surface area contributed by atoms with Crippen molar-refractivity contribution < 1.29 is 0 Å². The van der Waals surface area contributed by atoms with Crippen LogP contribution in [0.15, 0.2) is 66.7 Å². The second kappa shape index (κ2) is 13.1. The Labute approximate surface area is 343 Å². The van der Waals surface area contributed by atoms with Crippen LogP contribution >= 0.6 is 0 Å². The zero-order valence-corrected chi connectivity index (χ0v) is 35.6. The van der Waals surface area contributed by atoms with E-state index in [0.717, 1.165) is 0 Å². The first-order valence-electron chi connectivity index (χ1n) is 22.9. The van der Waals surface area contributed by atoms with E-state index in [1.807, 2.05) is 0 Å². The molecule has 3 heteroatoms. The van der Waals surface area contributed by atoms with Gasteiger partial charge in [-0.15, -0.1) is 0 Å². The SMILES string of the molecule is CC(C)(C)c1ccc2c(c1)N(c1c3c(cc4c1CCCC4)CCCC3)c1cccc3c1B2c1ccc(C(C)(C)C)cc1N3c1c2c(cc3c1CCCC3)CCCC2. The maximum absolute atomic E-state index is 2.84. The molecule has 11 rings (SSSR count). The van der Waals surface area contributed by atoms with Crippen molar-refractivity contribution in [2.45, 2.75) is 155 Å². The number of benzene rings is 5. The van der Waals surface area contributed by atoms with E-state index in [2.05, 4.69) is 118 Å². The lowest BCUT2D eigenvalue weighted by Crippen LogP contribution is -2.61. The van der Waals surface area contributed by atoms with Crippen molar-refractivity contribution in [3.8, 4) is 0 Å². The van der Waals surface area contributed by atoms with Crippen LogP contribution < -0.4 is 26.2 Å². The molecule has 0 aromatic heterocycles. The molecule has 5 aromatic rings. The summed E-state index contributed by atoms with van der Waals surface area (Å²) in [5.74, 6) is 0. The highest BCUT2D eigenvalue weighted by Crippen LogP contribution is 2.52. The van der Waals surface area contributed by atoms with Crippen molar-refractivity contribution in [3.05, 3.63) is 122 Å². The Balaban J connectivity index is 1.26. The highest BCUT2D eigenvalue weighted by atomic mass is 15.2. The van der Waals surface area contributed by atoms with Gasteiger partial charge < -0.3 is 9.80 Å². The Hall–Kier alpha value is -4.24. The summed E-state index contributed by atoms with van der Waals surface area (Å²) >= 11 is 0. The van der Waals surface area contributed by atoms with E-state index in [1.54, 1.807) is 55.9 Å². The molecule has 2 heterocycles. The van der Waals surface area contributed by atoms with Crippen LogP contribution in [0, 0.1) is 0 Å². The Morgan fingerprint density at radius 1 is 0.404 bits per heavy atom. The van der Waals surface area contributed by atoms with Gasteiger partial charge in [0.15, 0.2) is 0 Å². The van der Waals surface area contributed by atoms with Crippen LogP contribution in [0.25, 0.3) is 0 Å². The first-order chi connectivity index (χ1) is 27.6. The van der Waals surface area contributed by atoms with Crippen LogP contribution in [-0.4, -0.2) is 6.71 Å². The summed E-state index contributed by atoms with van der Waals surface area (Å²) in [4.78, 5) is 5.69. The molecule has 2 nitrogen and oxygen atoms in total. The van der Waals surface area contributed by atoms with E-state index in [9.17, 15) is 0 Å². The molecular formula is C54H61BN2. The third kappa shape index (κ3) is 5.57. The number of hydrogen-bond acceptors (Lipinski definition) is 2. The molecule has 0 fully saturated rings. The third-order valence-corrected chi connectivity index (χ3v) is 15.1. The van der Waals surface area contributed by atoms with E-state index >= 15 is 0 Å². The van der Waals surface area contributed by atoms with Crippen LogP contribution in [0.3, 0.4) is 0 Å². The van der Waals surface area contributed by atoms with Crippen molar-refractivity contribution in [1.82, 2.24) is 0 Å². The molecule has 0 saturated carbocycles. The number of hydrogen-bond donors (Lipinski definition) is 0. The van der Waals surface area contributed by atoms with Gasteiger partial charge >= 0.3 is 0 Å². The van der Waals surface area contributed by atoms with Crippen LogP contribution in [0.4, 0.5) is 34.1 Å². The molecule has 0 bridgehead atoms. The second-order valence-electron chi connectivity index (χ2n) is 20.7. The van der Waals surface area contributed by atoms with Gasteiger partial charge in [0.05, 0.1) is 11.4 Å². The zero-order valence-electron chi connectivity index (χ0n) is 35.6. The molecule has 2 aliphatic heterocycles. The fourth-order valence-corrected chi connectivity index (χ4v) is 12.1. The van der Waals surface area contributed by atoms with Gasteiger partial charge in [0, 0.05) is 22.7 Å². The van der Waals surface area contributed by atoms with Crippen LogP contribution in [0.1, 0.15) is 149 Å². The smallest absolute Gasteiger partial charge is 0.252 e. The molecule has 0 atom stereocenters. The van der Waals surface area contributed by atoms with Crippen LogP contribution in [0.2, 0.25) is 0 Å². The van der Waals surface area contributed by atoms with Crippen LogP contribution in [-0.2, 0) is 62.2 Å². The Morgan fingerprint density at radius 3 is 1.11 bits per heavy atom. The number of fused-ring (bicyclic) bond motifs is 8. The minimum Gasteiger partial charge on any atom is -0.311 e. The minimum absolute atomic E-state index is 0.0484. The summed E-state index contributed by atoms with van der Waals surface area (Å²) in [5, 5.41) is 0. The van der Waals surface area contributed by atoms with Gasteiger partial charge in [0.25, 0.3) is 6.71 Å². The molecular weight excluding hydrogens is 687 g/mol. The minimum atomic E-state index is 0.0484. The van der Waals surface area contributed by atoms with Gasteiger partial charge in [0.1, 0.15) is 0 Å². The molecule has 0 saturated heterocycles. The van der Waals surface area contributed by atoms with E-state index in [0.29, 0.717) is 0 Å². The largest absolute Gasteiger partial charge is 0.311 e. The molecule has 57 heavy (non-hydrogen) atoms. The molecule has 0 spiro atoms. The average molecular weight is 749 g/mol. The lowest BCUT2D eigenvalue weighted by molar-refractivity contribution is 0.590. The Bertz CT molecular complexity index is 2240. The summed E-state index contributed by atoms with van der Waals surface area (Å²) < 4.78 is 0. The van der Waals surface area contributed by atoms with E-state index < -0.39 is 0 Å². The number of rotatable bonds is 2. The van der Waals surface area contributed by atoms with Crippen molar-refractivity contribution in [2.24, 2.45) is 0 Å². The maximum Gasteiger partial charge on any atom is 0.252 e. The normalized spacial score (nSPS) is 18.2. The monoisotopic (exact) mass is 748 g/mol. The quantitative estimate of drug-likeness (QED) is 0.163. The highest BCUT2D eigenvalue weighted by Gasteiger charge is 2.46. The average Bonchev–Trinajstić information content (AvgIpc) is 3.21. The summed E-state index contributed by atoms with van der Waals surface area (Å²) in [6.07, 6.45) is 20.0. The molecule has 5 aromatic carbocycles. The maximum atomic E-state index is 2.84. The summed E-state index contributed by atoms with van der Waals surface area (Å²) in [6.45, 7) is 14.5. The number of nitrogens with zero attached hydrogens (tertiary/aromatic N) is 2. The second-order valence-corrected chi connectivity index (χ2v) is 20.7. The Kier molecular flexibility index (Phi) is 8.27. The van der Waals surface area contributed by atoms with Crippen LogP contribution in [0.5, 0.6) is 0 Å². The molecule has 0 unspecified atom stereocenters. The summed E-state index contributed by atoms with van der Waals surface area (Å²) in [7, 11) is 0. The number of aryl methyl sites for hydroxylation is 4. The van der Waals surface area contributed by atoms with Crippen molar-refractivity contribution >= 4 is 57.2 Å². The lowest BCUT2D eigenvalue weighted by Gasteiger charge is -2.47.